The summed E-state index contributed by atoms with van der Waals surface area (Å²) < 4.78 is 2.20. The Balaban J connectivity index is 2.75. The third-order valence-corrected chi connectivity index (χ3v) is 2.84. The number of hydrogen-bond acceptors (Lipinski definition) is 1. The molecule has 78 valence electrons. The van der Waals surface area contributed by atoms with E-state index in [-0.39, 0.29) is 0 Å². The van der Waals surface area contributed by atoms with E-state index < -0.39 is 0 Å². The molecule has 0 spiro atoms. The first-order chi connectivity index (χ1) is 7.27. The highest BCUT2D eigenvalue weighted by Crippen LogP contribution is 2.24. The van der Waals surface area contributed by atoms with E-state index in [0.29, 0.717) is 6.42 Å². The second kappa shape index (κ2) is 3.89. The number of carbonyl (C=O) groups is 1. The van der Waals surface area contributed by atoms with Gasteiger partial charge in [-0.05, 0) is 31.0 Å². The molecule has 0 amide bonds. The van der Waals surface area contributed by atoms with Crippen molar-refractivity contribution in [3.05, 3.63) is 35.5 Å². The SMILES string of the molecule is CCn1cc(CC=O)c2c(C)cccc21. The van der Waals surface area contributed by atoms with Crippen LogP contribution in [0.1, 0.15) is 18.1 Å². The largest absolute Gasteiger partial charge is 0.347 e. The summed E-state index contributed by atoms with van der Waals surface area (Å²) in [5.74, 6) is 0. The molecule has 0 aliphatic carbocycles. The standard InChI is InChI=1S/C13H15NO/c1-3-14-9-11(7-8-15)13-10(2)5-4-6-12(13)14/h4-6,8-9H,3,7H2,1-2H3. The van der Waals surface area contributed by atoms with Gasteiger partial charge in [0.15, 0.2) is 0 Å². The smallest absolute Gasteiger partial charge is 0.124 e. The maximum atomic E-state index is 10.6. The number of aryl methyl sites for hydroxylation is 2. The number of hydrogen-bond donors (Lipinski definition) is 0. The summed E-state index contributed by atoms with van der Waals surface area (Å²) in [6, 6.07) is 6.27. The number of carbonyl (C=O) groups excluding carboxylic acids is 1. The van der Waals surface area contributed by atoms with E-state index in [0.717, 1.165) is 18.4 Å². The Morgan fingerprint density at radius 1 is 1.40 bits per heavy atom. The number of aldehydes is 1. The summed E-state index contributed by atoms with van der Waals surface area (Å²) in [5, 5.41) is 1.24. The van der Waals surface area contributed by atoms with Gasteiger partial charge in [0.2, 0.25) is 0 Å². The summed E-state index contributed by atoms with van der Waals surface area (Å²) in [4.78, 5) is 10.6. The second-order valence-corrected chi connectivity index (χ2v) is 3.78. The van der Waals surface area contributed by atoms with Crippen molar-refractivity contribution < 1.29 is 4.79 Å². The van der Waals surface area contributed by atoms with E-state index in [1.807, 2.05) is 0 Å². The highest BCUT2D eigenvalue weighted by molar-refractivity contribution is 5.88. The fourth-order valence-electron chi connectivity index (χ4n) is 2.14. The number of nitrogens with zero attached hydrogens (tertiary/aromatic N) is 1. The van der Waals surface area contributed by atoms with Crippen LogP contribution in [0.4, 0.5) is 0 Å². The zero-order valence-electron chi connectivity index (χ0n) is 9.16. The number of rotatable bonds is 3. The quantitative estimate of drug-likeness (QED) is 0.700. The van der Waals surface area contributed by atoms with E-state index >= 15 is 0 Å². The molecule has 2 aromatic rings. The molecular weight excluding hydrogens is 186 g/mol. The highest BCUT2D eigenvalue weighted by atomic mass is 16.1. The van der Waals surface area contributed by atoms with Crippen molar-refractivity contribution in [1.82, 2.24) is 4.57 Å². The molecule has 0 saturated heterocycles. The molecule has 2 heteroatoms. The molecule has 15 heavy (non-hydrogen) atoms. The van der Waals surface area contributed by atoms with Crippen LogP contribution in [0.15, 0.2) is 24.4 Å². The topological polar surface area (TPSA) is 22.0 Å². The maximum Gasteiger partial charge on any atom is 0.124 e. The van der Waals surface area contributed by atoms with Crippen LogP contribution < -0.4 is 0 Å². The number of benzene rings is 1. The summed E-state index contributed by atoms with van der Waals surface area (Å²) in [7, 11) is 0. The minimum atomic E-state index is 0.508. The monoisotopic (exact) mass is 201 g/mol. The van der Waals surface area contributed by atoms with Gasteiger partial charge in [0.05, 0.1) is 0 Å². The fourth-order valence-corrected chi connectivity index (χ4v) is 2.14. The molecule has 1 heterocycles. The van der Waals surface area contributed by atoms with Crippen molar-refractivity contribution in [3.8, 4) is 0 Å². The third-order valence-electron chi connectivity index (χ3n) is 2.84. The average molecular weight is 201 g/mol. The number of aromatic nitrogens is 1. The lowest BCUT2D eigenvalue weighted by molar-refractivity contribution is -0.107. The Hall–Kier alpha value is -1.57. The Bertz CT molecular complexity index is 496. The van der Waals surface area contributed by atoms with E-state index in [1.165, 1.54) is 16.5 Å². The van der Waals surface area contributed by atoms with E-state index in [1.54, 1.807) is 0 Å². The summed E-state index contributed by atoms with van der Waals surface area (Å²) in [6.45, 7) is 5.15. The van der Waals surface area contributed by atoms with Crippen molar-refractivity contribution >= 4 is 17.2 Å². The molecule has 0 saturated carbocycles. The molecule has 0 radical (unpaired) electrons. The predicted octanol–water partition coefficient (Wildman–Crippen LogP) is 2.71. The normalized spacial score (nSPS) is 10.8. The van der Waals surface area contributed by atoms with Gasteiger partial charge in [0, 0.05) is 30.1 Å². The molecule has 2 nitrogen and oxygen atoms in total. The van der Waals surface area contributed by atoms with Crippen molar-refractivity contribution in [2.24, 2.45) is 0 Å². The Labute approximate surface area is 89.5 Å². The lowest BCUT2D eigenvalue weighted by Crippen LogP contribution is -1.90. The lowest BCUT2D eigenvalue weighted by Gasteiger charge is -2.01. The van der Waals surface area contributed by atoms with Gasteiger partial charge < -0.3 is 9.36 Å². The van der Waals surface area contributed by atoms with Crippen molar-refractivity contribution in [2.45, 2.75) is 26.8 Å². The van der Waals surface area contributed by atoms with Crippen LogP contribution in [0.25, 0.3) is 10.9 Å². The Kier molecular flexibility index (Phi) is 2.58. The van der Waals surface area contributed by atoms with Crippen LogP contribution in [-0.4, -0.2) is 10.9 Å². The van der Waals surface area contributed by atoms with E-state index in [9.17, 15) is 4.79 Å². The average Bonchev–Trinajstić information content (AvgIpc) is 2.59. The first kappa shape index (κ1) is 9.97. The van der Waals surface area contributed by atoms with Crippen LogP contribution in [0.2, 0.25) is 0 Å². The highest BCUT2D eigenvalue weighted by Gasteiger charge is 2.08. The van der Waals surface area contributed by atoms with Crippen LogP contribution in [-0.2, 0) is 17.8 Å². The molecule has 0 aliphatic rings. The predicted molar refractivity (Wildman–Crippen MR) is 62.1 cm³/mol. The maximum absolute atomic E-state index is 10.6. The van der Waals surface area contributed by atoms with Gasteiger partial charge in [0.25, 0.3) is 0 Å². The number of fused-ring (bicyclic) bond motifs is 1. The summed E-state index contributed by atoms with van der Waals surface area (Å²) >= 11 is 0. The molecule has 2 rings (SSSR count). The van der Waals surface area contributed by atoms with Crippen molar-refractivity contribution in [2.75, 3.05) is 0 Å². The van der Waals surface area contributed by atoms with Crippen molar-refractivity contribution in [1.29, 1.82) is 0 Å². The molecule has 0 fully saturated rings. The van der Waals surface area contributed by atoms with E-state index in [2.05, 4.69) is 42.8 Å². The van der Waals surface area contributed by atoms with Crippen LogP contribution >= 0.6 is 0 Å². The summed E-state index contributed by atoms with van der Waals surface area (Å²) in [6.07, 6.45) is 3.57. The van der Waals surface area contributed by atoms with Gasteiger partial charge in [-0.2, -0.15) is 0 Å². The first-order valence-corrected chi connectivity index (χ1v) is 5.29. The van der Waals surface area contributed by atoms with Gasteiger partial charge >= 0.3 is 0 Å². The molecule has 0 bridgehead atoms. The minimum Gasteiger partial charge on any atom is -0.347 e. The third kappa shape index (κ3) is 1.56. The van der Waals surface area contributed by atoms with E-state index in [4.69, 9.17) is 0 Å². The van der Waals surface area contributed by atoms with Crippen LogP contribution in [0, 0.1) is 6.92 Å². The van der Waals surface area contributed by atoms with Gasteiger partial charge in [-0.3, -0.25) is 0 Å². The molecule has 0 atom stereocenters. The first-order valence-electron chi connectivity index (χ1n) is 5.29. The Morgan fingerprint density at radius 3 is 2.87 bits per heavy atom. The molecule has 0 aliphatic heterocycles. The zero-order valence-corrected chi connectivity index (χ0v) is 9.16. The Morgan fingerprint density at radius 2 is 2.20 bits per heavy atom. The van der Waals surface area contributed by atoms with Crippen molar-refractivity contribution in [3.63, 3.8) is 0 Å². The zero-order chi connectivity index (χ0) is 10.8. The van der Waals surface area contributed by atoms with Crippen LogP contribution in [0.3, 0.4) is 0 Å². The molecule has 1 aromatic carbocycles. The molecule has 0 unspecified atom stereocenters. The molecule has 1 aromatic heterocycles. The van der Waals surface area contributed by atoms with Gasteiger partial charge in [0.1, 0.15) is 6.29 Å². The van der Waals surface area contributed by atoms with Crippen LogP contribution in [0.5, 0.6) is 0 Å². The van der Waals surface area contributed by atoms with Gasteiger partial charge in [-0.1, -0.05) is 12.1 Å². The summed E-state index contributed by atoms with van der Waals surface area (Å²) in [5.41, 5.74) is 3.62. The van der Waals surface area contributed by atoms with Gasteiger partial charge in [-0.15, -0.1) is 0 Å². The van der Waals surface area contributed by atoms with Gasteiger partial charge in [-0.25, -0.2) is 0 Å². The minimum absolute atomic E-state index is 0.508. The molecule has 0 N–H and O–H groups in total. The lowest BCUT2D eigenvalue weighted by atomic mass is 10.1. The molecular formula is C13H15NO. The fraction of sp³-hybridized carbons (Fsp3) is 0.308. The second-order valence-electron chi connectivity index (χ2n) is 3.78.